The van der Waals surface area contributed by atoms with Gasteiger partial charge in [0.05, 0.1) is 18.8 Å². The molecular formula is C16H26N2O3. The van der Waals surface area contributed by atoms with Gasteiger partial charge in [0.1, 0.15) is 5.75 Å². The van der Waals surface area contributed by atoms with E-state index >= 15 is 0 Å². The highest BCUT2D eigenvalue weighted by Gasteiger charge is 2.21. The summed E-state index contributed by atoms with van der Waals surface area (Å²) in [5, 5.41) is 12.7. The van der Waals surface area contributed by atoms with E-state index in [1.807, 2.05) is 32.0 Å². The minimum Gasteiger partial charge on any atom is -0.494 e. The van der Waals surface area contributed by atoms with Crippen LogP contribution in [0.2, 0.25) is 0 Å². The maximum atomic E-state index is 12.2. The summed E-state index contributed by atoms with van der Waals surface area (Å²) in [5.41, 5.74) is -0.234. The van der Waals surface area contributed by atoms with Gasteiger partial charge in [-0.1, -0.05) is 13.0 Å². The van der Waals surface area contributed by atoms with Crippen LogP contribution >= 0.6 is 0 Å². The van der Waals surface area contributed by atoms with Gasteiger partial charge in [-0.25, -0.2) is 4.79 Å². The number of carbonyl (C=O) groups is 1. The summed E-state index contributed by atoms with van der Waals surface area (Å²) in [6.07, 6.45) is 0.936. The van der Waals surface area contributed by atoms with Crippen LogP contribution in [-0.4, -0.2) is 41.3 Å². The molecule has 2 amide bonds. The van der Waals surface area contributed by atoms with Crippen molar-refractivity contribution in [2.45, 2.75) is 39.7 Å². The van der Waals surface area contributed by atoms with Gasteiger partial charge in [-0.2, -0.15) is 0 Å². The van der Waals surface area contributed by atoms with Gasteiger partial charge < -0.3 is 20.1 Å². The van der Waals surface area contributed by atoms with Crippen LogP contribution in [-0.2, 0) is 0 Å². The van der Waals surface area contributed by atoms with Gasteiger partial charge in [-0.05, 0) is 39.3 Å². The van der Waals surface area contributed by atoms with E-state index in [1.54, 1.807) is 24.8 Å². The van der Waals surface area contributed by atoms with Crippen LogP contribution in [0, 0.1) is 0 Å². The predicted octanol–water partition coefficient (Wildman–Crippen LogP) is 3.10. The molecule has 2 N–H and O–H groups in total. The molecule has 118 valence electrons. The molecule has 1 aromatic carbocycles. The molecule has 1 rings (SSSR count). The zero-order chi connectivity index (χ0) is 15.9. The molecule has 0 atom stereocenters. The number of nitrogens with one attached hydrogen (secondary N) is 1. The summed E-state index contributed by atoms with van der Waals surface area (Å²) >= 11 is 0. The summed E-state index contributed by atoms with van der Waals surface area (Å²) in [7, 11) is 0. The first-order valence-electron chi connectivity index (χ1n) is 7.37. The Kier molecular flexibility index (Phi) is 6.49. The van der Waals surface area contributed by atoms with E-state index in [-0.39, 0.29) is 12.6 Å². The van der Waals surface area contributed by atoms with Crippen molar-refractivity contribution in [1.82, 2.24) is 4.90 Å². The molecule has 1 aromatic rings. The monoisotopic (exact) mass is 294 g/mol. The summed E-state index contributed by atoms with van der Waals surface area (Å²) < 4.78 is 5.54. The van der Waals surface area contributed by atoms with Crippen molar-refractivity contribution in [2.24, 2.45) is 0 Å². The summed E-state index contributed by atoms with van der Waals surface area (Å²) in [4.78, 5) is 13.8. The lowest BCUT2D eigenvalue weighted by Crippen LogP contribution is -2.44. The number of nitrogens with zero attached hydrogens (tertiary/aromatic N) is 1. The number of amides is 2. The largest absolute Gasteiger partial charge is 0.494 e. The topological polar surface area (TPSA) is 61.8 Å². The van der Waals surface area contributed by atoms with Crippen molar-refractivity contribution >= 4 is 11.7 Å². The third-order valence-electron chi connectivity index (χ3n) is 2.80. The Morgan fingerprint density at radius 1 is 1.38 bits per heavy atom. The first-order chi connectivity index (χ1) is 9.85. The van der Waals surface area contributed by atoms with Crippen molar-refractivity contribution in [3.05, 3.63) is 24.3 Å². The lowest BCUT2D eigenvalue weighted by atomic mass is 10.1. The van der Waals surface area contributed by atoms with Gasteiger partial charge in [0.2, 0.25) is 0 Å². The average molecular weight is 294 g/mol. The molecule has 0 aliphatic heterocycles. The Hall–Kier alpha value is -1.75. The molecule has 0 saturated heterocycles. The summed E-state index contributed by atoms with van der Waals surface area (Å²) in [6, 6.07) is 7.08. The van der Waals surface area contributed by atoms with Gasteiger partial charge in [-0.3, -0.25) is 0 Å². The Morgan fingerprint density at radius 3 is 2.67 bits per heavy atom. The van der Waals surface area contributed by atoms with Crippen LogP contribution in [0.3, 0.4) is 0 Å². The number of anilines is 1. The third-order valence-corrected chi connectivity index (χ3v) is 2.80. The molecule has 0 heterocycles. The number of benzene rings is 1. The molecule has 0 aliphatic carbocycles. The van der Waals surface area contributed by atoms with E-state index in [1.165, 1.54) is 0 Å². The highest BCUT2D eigenvalue weighted by Crippen LogP contribution is 2.18. The number of hydrogen-bond donors (Lipinski definition) is 2. The molecule has 5 heteroatoms. The lowest BCUT2D eigenvalue weighted by Gasteiger charge is -2.28. The first-order valence-corrected chi connectivity index (χ1v) is 7.37. The molecule has 0 aliphatic rings. The molecular weight excluding hydrogens is 268 g/mol. The van der Waals surface area contributed by atoms with E-state index in [4.69, 9.17) is 4.74 Å². The van der Waals surface area contributed by atoms with E-state index in [9.17, 15) is 9.90 Å². The maximum absolute atomic E-state index is 12.2. The predicted molar refractivity (Wildman–Crippen MR) is 84.8 cm³/mol. The van der Waals surface area contributed by atoms with E-state index in [2.05, 4.69) is 5.32 Å². The molecule has 0 radical (unpaired) electrons. The van der Waals surface area contributed by atoms with Gasteiger partial charge in [0.25, 0.3) is 0 Å². The number of carbonyl (C=O) groups excluding carboxylic acids is 1. The zero-order valence-electron chi connectivity index (χ0n) is 13.3. The standard InChI is InChI=1S/C16H26N2O3/c1-5-10-21-14-9-7-8-13(11-14)17-15(19)18(6-2)12-16(3,4)20/h7-9,11,20H,5-6,10,12H2,1-4H3,(H,17,19). The van der Waals surface area contributed by atoms with Crippen LogP contribution in [0.4, 0.5) is 10.5 Å². The maximum Gasteiger partial charge on any atom is 0.321 e. The van der Waals surface area contributed by atoms with Crippen molar-refractivity contribution in [1.29, 1.82) is 0 Å². The molecule has 0 saturated carbocycles. The highest BCUT2D eigenvalue weighted by atomic mass is 16.5. The second kappa shape index (κ2) is 7.88. The molecule has 0 spiro atoms. The first kappa shape index (κ1) is 17.3. The highest BCUT2D eigenvalue weighted by molar-refractivity contribution is 5.89. The second-order valence-electron chi connectivity index (χ2n) is 5.63. The van der Waals surface area contributed by atoms with Gasteiger partial charge in [-0.15, -0.1) is 0 Å². The van der Waals surface area contributed by atoms with Crippen molar-refractivity contribution in [3.8, 4) is 5.75 Å². The van der Waals surface area contributed by atoms with Crippen LogP contribution in [0.1, 0.15) is 34.1 Å². The van der Waals surface area contributed by atoms with Crippen LogP contribution in [0.5, 0.6) is 5.75 Å². The summed E-state index contributed by atoms with van der Waals surface area (Å²) in [6.45, 7) is 8.75. The van der Waals surface area contributed by atoms with E-state index in [0.717, 1.165) is 12.2 Å². The fourth-order valence-corrected chi connectivity index (χ4v) is 1.88. The Labute approximate surface area is 126 Å². The van der Waals surface area contributed by atoms with Crippen LogP contribution in [0.25, 0.3) is 0 Å². The van der Waals surface area contributed by atoms with E-state index < -0.39 is 5.60 Å². The Morgan fingerprint density at radius 2 is 2.10 bits per heavy atom. The van der Waals surface area contributed by atoms with Gasteiger partial charge in [0, 0.05) is 18.3 Å². The molecule has 5 nitrogen and oxygen atoms in total. The molecule has 0 bridgehead atoms. The number of likely N-dealkylation sites (N-methyl/N-ethyl adjacent to an activating group) is 1. The van der Waals surface area contributed by atoms with Crippen molar-refractivity contribution < 1.29 is 14.6 Å². The van der Waals surface area contributed by atoms with Crippen molar-refractivity contribution in [3.63, 3.8) is 0 Å². The van der Waals surface area contributed by atoms with Crippen LogP contribution in [0.15, 0.2) is 24.3 Å². The molecule has 21 heavy (non-hydrogen) atoms. The smallest absolute Gasteiger partial charge is 0.321 e. The van der Waals surface area contributed by atoms with Gasteiger partial charge >= 0.3 is 6.03 Å². The van der Waals surface area contributed by atoms with Crippen molar-refractivity contribution in [2.75, 3.05) is 25.0 Å². The number of hydrogen-bond acceptors (Lipinski definition) is 3. The summed E-state index contributed by atoms with van der Waals surface area (Å²) in [5.74, 6) is 0.736. The van der Waals surface area contributed by atoms with E-state index in [0.29, 0.717) is 18.8 Å². The second-order valence-corrected chi connectivity index (χ2v) is 5.63. The number of ether oxygens (including phenoxy) is 1. The minimum absolute atomic E-state index is 0.229. The zero-order valence-corrected chi connectivity index (χ0v) is 13.3. The Bertz CT molecular complexity index is 455. The fraction of sp³-hybridized carbons (Fsp3) is 0.562. The fourth-order valence-electron chi connectivity index (χ4n) is 1.88. The average Bonchev–Trinajstić information content (AvgIpc) is 2.42. The number of urea groups is 1. The van der Waals surface area contributed by atoms with Gasteiger partial charge in [0.15, 0.2) is 0 Å². The molecule has 0 aromatic heterocycles. The SMILES string of the molecule is CCCOc1cccc(NC(=O)N(CC)CC(C)(C)O)c1. The number of aliphatic hydroxyl groups is 1. The molecule has 0 unspecified atom stereocenters. The Balaban J connectivity index is 2.68. The number of rotatable bonds is 7. The minimum atomic E-state index is -0.917. The molecule has 0 fully saturated rings. The quantitative estimate of drug-likeness (QED) is 0.812. The van der Waals surface area contributed by atoms with Crippen LogP contribution < -0.4 is 10.1 Å². The third kappa shape index (κ3) is 6.49. The lowest BCUT2D eigenvalue weighted by molar-refractivity contribution is 0.0501. The normalized spacial score (nSPS) is 11.1.